The Bertz CT molecular complexity index is 1120. The van der Waals surface area contributed by atoms with Gasteiger partial charge in [-0.1, -0.05) is 6.92 Å². The van der Waals surface area contributed by atoms with Gasteiger partial charge in [-0.3, -0.25) is 9.59 Å². The number of carbonyl (C=O) groups is 2. The van der Waals surface area contributed by atoms with Gasteiger partial charge in [-0.2, -0.15) is 8.78 Å². The van der Waals surface area contributed by atoms with Gasteiger partial charge < -0.3 is 15.3 Å². The third-order valence-electron chi connectivity index (χ3n) is 6.91. The van der Waals surface area contributed by atoms with Crippen LogP contribution in [0.15, 0.2) is 36.4 Å². The summed E-state index contributed by atoms with van der Waals surface area (Å²) >= 11 is 0. The van der Waals surface area contributed by atoms with Crippen molar-refractivity contribution in [3.8, 4) is 0 Å². The molecule has 2 aromatic rings. The molecule has 2 aromatic carbocycles. The summed E-state index contributed by atoms with van der Waals surface area (Å²) in [5.74, 6) is -8.38. The maximum Gasteiger partial charge on any atom is 0.352 e. The van der Waals surface area contributed by atoms with Crippen LogP contribution in [0, 0.1) is 24.5 Å². The van der Waals surface area contributed by atoms with Crippen LogP contribution in [0.1, 0.15) is 54.1 Å². The maximum atomic E-state index is 15.4. The van der Waals surface area contributed by atoms with E-state index in [0.717, 1.165) is 29.5 Å². The van der Waals surface area contributed by atoms with Crippen molar-refractivity contribution < 1.29 is 32.3 Å². The lowest BCUT2D eigenvalue weighted by atomic mass is 9.76. The molecule has 182 valence electrons. The highest BCUT2D eigenvalue weighted by Gasteiger charge is 2.53. The first-order valence-electron chi connectivity index (χ1n) is 11.2. The molecule has 2 bridgehead atoms. The summed E-state index contributed by atoms with van der Waals surface area (Å²) in [6.45, 7) is 3.35. The molecule has 2 amide bonds. The maximum absolute atomic E-state index is 15.4. The largest absolute Gasteiger partial charge is 0.393 e. The van der Waals surface area contributed by atoms with E-state index < -0.39 is 53.1 Å². The molecule has 2 aliphatic rings. The van der Waals surface area contributed by atoms with Crippen LogP contribution in [0.3, 0.4) is 0 Å². The van der Waals surface area contributed by atoms with Crippen LogP contribution < -0.4 is 5.32 Å². The molecule has 34 heavy (non-hydrogen) atoms. The molecule has 0 radical (unpaired) electrons. The van der Waals surface area contributed by atoms with Crippen LogP contribution in [0.4, 0.5) is 23.2 Å². The number of carbonyl (C=O) groups excluding carboxylic acids is 2. The molecule has 2 heterocycles. The molecule has 0 spiro atoms. The third-order valence-corrected chi connectivity index (χ3v) is 6.91. The molecule has 3 unspecified atom stereocenters. The number of anilines is 1. The Kier molecular flexibility index (Phi) is 6.42. The zero-order valence-corrected chi connectivity index (χ0v) is 18.8. The number of amides is 2. The summed E-state index contributed by atoms with van der Waals surface area (Å²) in [4.78, 5) is 26.8. The first-order chi connectivity index (χ1) is 16.0. The number of rotatable bonds is 4. The molecule has 0 aliphatic carbocycles. The molecule has 9 heteroatoms. The summed E-state index contributed by atoms with van der Waals surface area (Å²) in [7, 11) is 0. The van der Waals surface area contributed by atoms with E-state index in [1.165, 1.54) is 19.1 Å². The molecule has 0 aromatic heterocycles. The lowest BCUT2D eigenvalue weighted by Gasteiger charge is -2.51. The number of halogens is 4. The van der Waals surface area contributed by atoms with Gasteiger partial charge in [0.25, 0.3) is 11.8 Å². The second-order valence-electron chi connectivity index (χ2n) is 9.30. The van der Waals surface area contributed by atoms with E-state index in [1.807, 2.05) is 6.92 Å². The van der Waals surface area contributed by atoms with E-state index in [4.69, 9.17) is 0 Å². The predicted octanol–water partition coefficient (Wildman–Crippen LogP) is 4.77. The number of piperidine rings is 2. The van der Waals surface area contributed by atoms with Crippen LogP contribution in [0.25, 0.3) is 0 Å². The minimum atomic E-state index is -4.21. The fraction of sp³-hybridized carbons (Fsp3) is 0.440. The van der Waals surface area contributed by atoms with E-state index in [0.29, 0.717) is 12.5 Å². The van der Waals surface area contributed by atoms with Gasteiger partial charge in [0.15, 0.2) is 0 Å². The van der Waals surface area contributed by atoms with E-state index >= 15 is 8.78 Å². The quantitative estimate of drug-likeness (QED) is 0.623. The van der Waals surface area contributed by atoms with Gasteiger partial charge >= 0.3 is 5.92 Å². The van der Waals surface area contributed by atoms with Crippen LogP contribution >= 0.6 is 0 Å². The Labute approximate surface area is 194 Å². The van der Waals surface area contributed by atoms with Crippen molar-refractivity contribution in [2.45, 2.75) is 63.6 Å². The summed E-state index contributed by atoms with van der Waals surface area (Å²) in [6.07, 6.45) is 0.964. The number of fused-ring (bicyclic) bond motifs is 2. The predicted molar refractivity (Wildman–Crippen MR) is 117 cm³/mol. The van der Waals surface area contributed by atoms with E-state index in [1.54, 1.807) is 0 Å². The highest BCUT2D eigenvalue weighted by molar-refractivity contribution is 6.04. The number of alkyl halides is 2. The average molecular weight is 478 g/mol. The summed E-state index contributed by atoms with van der Waals surface area (Å²) in [5.41, 5.74) is -0.932. The number of aliphatic hydroxyl groups excluding tert-OH is 1. The van der Waals surface area contributed by atoms with Gasteiger partial charge in [0, 0.05) is 23.3 Å². The van der Waals surface area contributed by atoms with Crippen LogP contribution in [0.2, 0.25) is 0 Å². The van der Waals surface area contributed by atoms with Gasteiger partial charge in [0.1, 0.15) is 11.6 Å². The first-order valence-corrected chi connectivity index (χ1v) is 11.2. The summed E-state index contributed by atoms with van der Waals surface area (Å²) < 4.78 is 58.9. The number of hydrogen-bond donors (Lipinski definition) is 2. The first kappa shape index (κ1) is 24.2. The average Bonchev–Trinajstić information content (AvgIpc) is 2.78. The SMILES string of the molecule is Cc1cc(NC(=O)c2ccc(F)c(C(F)(F)C(=O)N3C4CC(O)C[C@@H]3CCC4C)c2)ccc1F. The highest BCUT2D eigenvalue weighted by Crippen LogP contribution is 2.42. The Morgan fingerprint density at radius 2 is 1.76 bits per heavy atom. The number of nitrogens with one attached hydrogen (secondary N) is 1. The zero-order valence-electron chi connectivity index (χ0n) is 18.8. The van der Waals surface area contributed by atoms with Crippen molar-refractivity contribution >= 4 is 17.5 Å². The Morgan fingerprint density at radius 3 is 2.47 bits per heavy atom. The molecule has 2 aliphatic heterocycles. The van der Waals surface area contributed by atoms with Gasteiger partial charge in [0.05, 0.1) is 11.7 Å². The van der Waals surface area contributed by atoms with E-state index in [2.05, 4.69) is 5.32 Å². The molecule has 0 saturated carbocycles. The minimum Gasteiger partial charge on any atom is -0.393 e. The van der Waals surface area contributed by atoms with Gasteiger partial charge in [-0.25, -0.2) is 8.78 Å². The molecule has 5 nitrogen and oxygen atoms in total. The second-order valence-corrected chi connectivity index (χ2v) is 9.30. The molecule has 2 N–H and O–H groups in total. The molecule has 4 rings (SSSR count). The topological polar surface area (TPSA) is 69.6 Å². The Morgan fingerprint density at radius 1 is 1.06 bits per heavy atom. The fourth-order valence-electron chi connectivity index (χ4n) is 5.02. The standard InChI is InChI=1S/C25H26F4N2O3/c1-13-3-6-17-11-18(32)12-22(13)31(17)24(34)25(28,29)19-10-15(4-7-21(19)27)23(33)30-16-5-8-20(26)14(2)9-16/h4-5,7-10,13,17-18,22,32H,3,6,11-12H2,1-2H3,(H,30,33)/t13?,17-,18?,22?/m0/s1. The van der Waals surface area contributed by atoms with Crippen LogP contribution in [0.5, 0.6) is 0 Å². The molecule has 4 atom stereocenters. The second kappa shape index (κ2) is 9.02. The highest BCUT2D eigenvalue weighted by atomic mass is 19.3. The summed E-state index contributed by atoms with van der Waals surface area (Å²) in [6, 6.07) is 5.19. The number of nitrogens with zero attached hydrogens (tertiary/aromatic N) is 1. The van der Waals surface area contributed by atoms with Crippen molar-refractivity contribution in [3.63, 3.8) is 0 Å². The third kappa shape index (κ3) is 4.41. The van der Waals surface area contributed by atoms with Gasteiger partial charge in [-0.05, 0) is 80.5 Å². The van der Waals surface area contributed by atoms with Crippen molar-refractivity contribution in [3.05, 3.63) is 64.7 Å². The fourth-order valence-corrected chi connectivity index (χ4v) is 5.02. The molecular formula is C25H26F4N2O3. The lowest BCUT2D eigenvalue weighted by molar-refractivity contribution is -0.175. The summed E-state index contributed by atoms with van der Waals surface area (Å²) in [5, 5.41) is 12.6. The lowest BCUT2D eigenvalue weighted by Crippen LogP contribution is -2.61. The number of aryl methyl sites for hydroxylation is 1. The van der Waals surface area contributed by atoms with Gasteiger partial charge in [0.2, 0.25) is 0 Å². The van der Waals surface area contributed by atoms with Crippen molar-refractivity contribution in [1.29, 1.82) is 0 Å². The normalized spacial score (nSPS) is 24.6. The van der Waals surface area contributed by atoms with E-state index in [-0.39, 0.29) is 35.6 Å². The van der Waals surface area contributed by atoms with E-state index in [9.17, 15) is 23.5 Å². The number of hydrogen-bond acceptors (Lipinski definition) is 3. The minimum absolute atomic E-state index is 0.0768. The molecular weight excluding hydrogens is 452 g/mol. The zero-order chi connectivity index (χ0) is 24.8. The Balaban J connectivity index is 1.61. The molecule has 2 fully saturated rings. The Hall–Kier alpha value is -2.94. The van der Waals surface area contributed by atoms with Crippen molar-refractivity contribution in [1.82, 2.24) is 4.90 Å². The van der Waals surface area contributed by atoms with Crippen molar-refractivity contribution in [2.24, 2.45) is 5.92 Å². The van der Waals surface area contributed by atoms with Crippen LogP contribution in [-0.2, 0) is 10.7 Å². The monoisotopic (exact) mass is 478 g/mol. The van der Waals surface area contributed by atoms with Gasteiger partial charge in [-0.15, -0.1) is 0 Å². The smallest absolute Gasteiger partial charge is 0.352 e. The number of benzene rings is 2. The number of aliphatic hydroxyl groups is 1. The van der Waals surface area contributed by atoms with Crippen LogP contribution in [-0.4, -0.2) is 40.0 Å². The van der Waals surface area contributed by atoms with Crippen molar-refractivity contribution in [2.75, 3.05) is 5.32 Å². The molecule has 2 saturated heterocycles.